The highest BCUT2D eigenvalue weighted by atomic mass is 32.2. The lowest BCUT2D eigenvalue weighted by molar-refractivity contribution is 0.0985. The summed E-state index contributed by atoms with van der Waals surface area (Å²) in [6, 6.07) is 10.5. The number of halogens is 1. The Bertz CT molecular complexity index is 1030. The summed E-state index contributed by atoms with van der Waals surface area (Å²) in [4.78, 5) is 14.9. The van der Waals surface area contributed by atoms with Crippen LogP contribution >= 0.6 is 0 Å². The Balaban J connectivity index is 1.54. The predicted octanol–water partition coefficient (Wildman–Crippen LogP) is 4.81. The average Bonchev–Trinajstić information content (AvgIpc) is 2.75. The molecule has 7 heteroatoms. The number of hydrogen-bond acceptors (Lipinski definition) is 3. The number of nitrogens with one attached hydrogen (secondary N) is 1. The third-order valence-electron chi connectivity index (χ3n) is 6.24. The first-order valence-corrected chi connectivity index (χ1v) is 12.6. The fourth-order valence-corrected chi connectivity index (χ4v) is 5.92. The topological polar surface area (TPSA) is 66.5 Å². The Morgan fingerprint density at radius 1 is 0.935 bits per heavy atom. The number of carbonyl (C=O) groups is 1. The van der Waals surface area contributed by atoms with Gasteiger partial charge in [-0.1, -0.05) is 32.1 Å². The fourth-order valence-electron chi connectivity index (χ4n) is 4.56. The SMILES string of the molecule is O=C(c1ccc(F)cc1)N1CCCc2cc(S(=O)(=O)NC3CCCCCCC3)ccc21. The molecular formula is C24H29FN2O3S. The van der Waals surface area contributed by atoms with Gasteiger partial charge in [0, 0.05) is 23.8 Å². The van der Waals surface area contributed by atoms with E-state index in [-0.39, 0.29) is 22.7 Å². The third-order valence-corrected chi connectivity index (χ3v) is 7.76. The van der Waals surface area contributed by atoms with Crippen LogP contribution in [-0.2, 0) is 16.4 Å². The molecule has 0 aromatic heterocycles. The number of amides is 1. The molecule has 1 aliphatic carbocycles. The van der Waals surface area contributed by atoms with Crippen molar-refractivity contribution in [3.05, 3.63) is 59.4 Å². The molecule has 4 rings (SSSR count). The second-order valence-corrected chi connectivity index (χ2v) is 10.2. The maximum Gasteiger partial charge on any atom is 0.258 e. The molecule has 0 saturated heterocycles. The van der Waals surface area contributed by atoms with Crippen molar-refractivity contribution in [1.82, 2.24) is 4.72 Å². The van der Waals surface area contributed by atoms with Crippen LogP contribution in [0.15, 0.2) is 47.4 Å². The van der Waals surface area contributed by atoms with Crippen LogP contribution in [0.1, 0.15) is 67.3 Å². The van der Waals surface area contributed by atoms with Crippen LogP contribution in [0.3, 0.4) is 0 Å². The van der Waals surface area contributed by atoms with Crippen LogP contribution in [0, 0.1) is 5.82 Å². The summed E-state index contributed by atoms with van der Waals surface area (Å²) in [5, 5.41) is 0. The quantitative estimate of drug-likeness (QED) is 0.736. The fraction of sp³-hybridized carbons (Fsp3) is 0.458. The number of aryl methyl sites for hydroxylation is 1. The number of hydrogen-bond donors (Lipinski definition) is 1. The van der Waals surface area contributed by atoms with Crippen molar-refractivity contribution in [3.63, 3.8) is 0 Å². The molecular weight excluding hydrogens is 415 g/mol. The first kappa shape index (κ1) is 22.0. The summed E-state index contributed by atoms with van der Waals surface area (Å²) >= 11 is 0. The number of benzene rings is 2. The van der Waals surface area contributed by atoms with Crippen LogP contribution in [0.2, 0.25) is 0 Å². The zero-order valence-electron chi connectivity index (χ0n) is 17.6. The van der Waals surface area contributed by atoms with Gasteiger partial charge in [-0.15, -0.1) is 0 Å². The minimum Gasteiger partial charge on any atom is -0.308 e. The van der Waals surface area contributed by atoms with Crippen molar-refractivity contribution >= 4 is 21.6 Å². The molecule has 2 aromatic rings. The molecule has 1 heterocycles. The molecule has 0 radical (unpaired) electrons. The van der Waals surface area contributed by atoms with Crippen molar-refractivity contribution in [2.24, 2.45) is 0 Å². The van der Waals surface area contributed by atoms with Crippen LogP contribution in [0.4, 0.5) is 10.1 Å². The van der Waals surface area contributed by atoms with Crippen molar-refractivity contribution in [2.75, 3.05) is 11.4 Å². The Kier molecular flexibility index (Phi) is 6.72. The Hall–Kier alpha value is -2.25. The first-order chi connectivity index (χ1) is 14.9. The molecule has 1 fully saturated rings. The van der Waals surface area contributed by atoms with E-state index in [0.717, 1.165) is 62.6 Å². The first-order valence-electron chi connectivity index (χ1n) is 11.2. The third kappa shape index (κ3) is 5.15. The number of sulfonamides is 1. The van der Waals surface area contributed by atoms with Crippen LogP contribution in [0.5, 0.6) is 0 Å². The summed E-state index contributed by atoms with van der Waals surface area (Å²) in [5.41, 5.74) is 1.99. The van der Waals surface area contributed by atoms with Crippen molar-refractivity contribution in [3.8, 4) is 0 Å². The summed E-state index contributed by atoms with van der Waals surface area (Å²) in [6.45, 7) is 0.551. The number of rotatable bonds is 4. The Labute approximate surface area is 183 Å². The Morgan fingerprint density at radius 2 is 1.61 bits per heavy atom. The van der Waals surface area contributed by atoms with Gasteiger partial charge in [0.2, 0.25) is 10.0 Å². The molecule has 5 nitrogen and oxygen atoms in total. The van der Waals surface area contributed by atoms with E-state index in [4.69, 9.17) is 0 Å². The van der Waals surface area contributed by atoms with E-state index in [9.17, 15) is 17.6 Å². The van der Waals surface area contributed by atoms with Gasteiger partial charge < -0.3 is 4.90 Å². The van der Waals surface area contributed by atoms with E-state index in [1.807, 2.05) is 0 Å². The molecule has 2 aliphatic rings. The number of nitrogens with zero attached hydrogens (tertiary/aromatic N) is 1. The van der Waals surface area contributed by atoms with E-state index in [0.29, 0.717) is 12.1 Å². The van der Waals surface area contributed by atoms with E-state index in [1.54, 1.807) is 23.1 Å². The van der Waals surface area contributed by atoms with Crippen molar-refractivity contribution in [1.29, 1.82) is 0 Å². The lowest BCUT2D eigenvalue weighted by Gasteiger charge is -2.30. The van der Waals surface area contributed by atoms with Gasteiger partial charge in [-0.25, -0.2) is 17.5 Å². The predicted molar refractivity (Wildman–Crippen MR) is 119 cm³/mol. The smallest absolute Gasteiger partial charge is 0.258 e. The summed E-state index contributed by atoms with van der Waals surface area (Å²) in [5.74, 6) is -0.591. The second-order valence-electron chi connectivity index (χ2n) is 8.52. The highest BCUT2D eigenvalue weighted by Gasteiger charge is 2.27. The minimum absolute atomic E-state index is 0.0158. The monoisotopic (exact) mass is 444 g/mol. The van der Waals surface area contributed by atoms with Gasteiger partial charge in [-0.3, -0.25) is 4.79 Å². The van der Waals surface area contributed by atoms with Crippen molar-refractivity contribution < 1.29 is 17.6 Å². The van der Waals surface area contributed by atoms with Gasteiger partial charge in [0.25, 0.3) is 5.91 Å². The zero-order valence-corrected chi connectivity index (χ0v) is 18.5. The molecule has 0 unspecified atom stereocenters. The van der Waals surface area contributed by atoms with Gasteiger partial charge in [0.1, 0.15) is 5.82 Å². The number of anilines is 1. The average molecular weight is 445 g/mol. The summed E-state index contributed by atoms with van der Waals surface area (Å²) in [6.07, 6.45) is 8.89. The molecule has 0 bridgehead atoms. The van der Waals surface area contributed by atoms with Gasteiger partial charge in [0.15, 0.2) is 0 Å². The van der Waals surface area contributed by atoms with Crippen LogP contribution < -0.4 is 9.62 Å². The molecule has 1 amide bonds. The lowest BCUT2D eigenvalue weighted by atomic mass is 9.97. The zero-order chi connectivity index (χ0) is 21.8. The Morgan fingerprint density at radius 3 is 2.32 bits per heavy atom. The van der Waals surface area contributed by atoms with Crippen molar-refractivity contribution in [2.45, 2.75) is 68.7 Å². The largest absolute Gasteiger partial charge is 0.308 e. The summed E-state index contributed by atoms with van der Waals surface area (Å²) < 4.78 is 42.2. The number of fused-ring (bicyclic) bond motifs is 1. The normalized spacial score (nSPS) is 18.2. The second kappa shape index (κ2) is 9.49. The van der Waals surface area contributed by atoms with E-state index < -0.39 is 10.0 Å². The maximum absolute atomic E-state index is 13.2. The van der Waals surface area contributed by atoms with Crippen LogP contribution in [-0.4, -0.2) is 26.9 Å². The molecule has 1 saturated carbocycles. The highest BCUT2D eigenvalue weighted by Crippen LogP contribution is 2.31. The number of carbonyl (C=O) groups excluding carboxylic acids is 1. The van der Waals surface area contributed by atoms with E-state index in [1.165, 1.54) is 30.7 Å². The molecule has 31 heavy (non-hydrogen) atoms. The van der Waals surface area contributed by atoms with Gasteiger partial charge in [-0.05, 0) is 73.7 Å². The lowest BCUT2D eigenvalue weighted by Crippen LogP contribution is -2.37. The maximum atomic E-state index is 13.2. The van der Waals surface area contributed by atoms with Gasteiger partial charge in [0.05, 0.1) is 4.90 Å². The highest BCUT2D eigenvalue weighted by molar-refractivity contribution is 7.89. The molecule has 1 N–H and O–H groups in total. The van der Waals surface area contributed by atoms with E-state index >= 15 is 0 Å². The molecule has 0 spiro atoms. The molecule has 1 aliphatic heterocycles. The standard InChI is InChI=1S/C24H29FN2O3S/c25-20-12-10-18(11-13-20)24(28)27-16-6-7-19-17-22(14-15-23(19)27)31(29,30)26-21-8-4-2-1-3-5-9-21/h10-15,17,21,26H,1-9,16H2. The summed E-state index contributed by atoms with van der Waals surface area (Å²) in [7, 11) is -3.61. The van der Waals surface area contributed by atoms with E-state index in [2.05, 4.69) is 4.72 Å². The molecule has 166 valence electrons. The minimum atomic E-state index is -3.61. The van der Waals surface area contributed by atoms with Gasteiger partial charge >= 0.3 is 0 Å². The van der Waals surface area contributed by atoms with Crippen LogP contribution in [0.25, 0.3) is 0 Å². The molecule has 0 atom stereocenters. The molecule has 2 aromatic carbocycles. The van der Waals surface area contributed by atoms with Gasteiger partial charge in [-0.2, -0.15) is 0 Å².